The smallest absolute Gasteiger partial charge is 0.160 e. The highest BCUT2D eigenvalue weighted by molar-refractivity contribution is 6.03. The van der Waals surface area contributed by atoms with E-state index in [1.807, 2.05) is 6.07 Å². The maximum atomic E-state index is 5.33. The minimum Gasteiger partial charge on any atom is -0.316 e. The van der Waals surface area contributed by atoms with Crippen LogP contribution in [-0.4, -0.2) is 19.1 Å². The predicted molar refractivity (Wildman–Crippen MR) is 182 cm³/mol. The van der Waals surface area contributed by atoms with Gasteiger partial charge in [-0.2, -0.15) is 0 Å². The highest BCUT2D eigenvalue weighted by atomic mass is 15.0. The monoisotopic (exact) mass is 562 g/mol. The lowest BCUT2D eigenvalue weighted by molar-refractivity contribution is 1.08. The standard InChI is InChI=1S/C40H26N4/c1-4-14-33-27(10-1)13-9-16-34(33)39-35-15-5-6-17-36(35)41-40(42-39)30-24-31(43-22-20-28-11-2-7-18-37(28)43)26-32(25-30)44-23-21-29-12-3-8-19-38(29)44/h1-26H. The minimum atomic E-state index is 0.697. The molecule has 9 aromatic rings. The Hall–Kier alpha value is -6.00. The Balaban J connectivity index is 1.33. The molecule has 0 aliphatic rings. The number of rotatable bonds is 4. The first-order chi connectivity index (χ1) is 21.8. The van der Waals surface area contributed by atoms with Gasteiger partial charge in [0.15, 0.2) is 5.82 Å². The maximum absolute atomic E-state index is 5.33. The van der Waals surface area contributed by atoms with Crippen LogP contribution in [0.4, 0.5) is 0 Å². The third-order valence-corrected chi connectivity index (χ3v) is 8.56. The SMILES string of the molecule is c1ccc2c(-c3nc(-c4cc(-n5ccc6ccccc65)cc(-n5ccc6ccccc65)c4)nc4ccccc34)cccc2c1. The van der Waals surface area contributed by atoms with Gasteiger partial charge < -0.3 is 9.13 Å². The van der Waals surface area contributed by atoms with E-state index in [-0.39, 0.29) is 0 Å². The van der Waals surface area contributed by atoms with Crippen LogP contribution in [0.5, 0.6) is 0 Å². The lowest BCUT2D eigenvalue weighted by Gasteiger charge is -2.15. The van der Waals surface area contributed by atoms with Crippen LogP contribution < -0.4 is 0 Å². The molecule has 0 aliphatic heterocycles. The molecule has 0 bridgehead atoms. The molecule has 0 radical (unpaired) electrons. The molecule has 0 aliphatic carbocycles. The van der Waals surface area contributed by atoms with Crippen LogP contribution in [0, 0.1) is 0 Å². The summed E-state index contributed by atoms with van der Waals surface area (Å²) >= 11 is 0. The van der Waals surface area contributed by atoms with Gasteiger partial charge in [0.1, 0.15) is 0 Å². The Morgan fingerprint density at radius 2 is 1.00 bits per heavy atom. The second-order valence-electron chi connectivity index (χ2n) is 11.2. The van der Waals surface area contributed by atoms with Gasteiger partial charge in [-0.1, -0.05) is 97.1 Å². The molecule has 0 N–H and O–H groups in total. The molecule has 3 heterocycles. The molecule has 0 unspecified atom stereocenters. The zero-order chi connectivity index (χ0) is 29.0. The molecule has 0 atom stereocenters. The predicted octanol–water partition coefficient (Wildman–Crippen LogP) is 10.0. The van der Waals surface area contributed by atoms with E-state index in [0.29, 0.717) is 5.82 Å². The van der Waals surface area contributed by atoms with E-state index in [2.05, 4.69) is 161 Å². The van der Waals surface area contributed by atoms with E-state index < -0.39 is 0 Å². The average molecular weight is 563 g/mol. The highest BCUT2D eigenvalue weighted by Gasteiger charge is 2.16. The third-order valence-electron chi connectivity index (χ3n) is 8.56. The second kappa shape index (κ2) is 9.79. The van der Waals surface area contributed by atoms with Crippen molar-refractivity contribution in [1.29, 1.82) is 0 Å². The molecule has 4 nitrogen and oxygen atoms in total. The van der Waals surface area contributed by atoms with Gasteiger partial charge in [0.05, 0.1) is 22.2 Å². The fourth-order valence-electron chi connectivity index (χ4n) is 6.46. The minimum absolute atomic E-state index is 0.697. The summed E-state index contributed by atoms with van der Waals surface area (Å²) in [4.78, 5) is 10.5. The van der Waals surface area contributed by atoms with Gasteiger partial charge in [0.25, 0.3) is 0 Å². The third kappa shape index (κ3) is 3.92. The van der Waals surface area contributed by atoms with Gasteiger partial charge in [0.2, 0.25) is 0 Å². The number of hydrogen-bond donors (Lipinski definition) is 0. The summed E-state index contributed by atoms with van der Waals surface area (Å²) in [5.41, 5.74) is 8.34. The Bertz CT molecular complexity index is 2420. The molecular formula is C40H26N4. The molecule has 44 heavy (non-hydrogen) atoms. The van der Waals surface area contributed by atoms with Crippen LogP contribution in [0.1, 0.15) is 0 Å². The summed E-state index contributed by atoms with van der Waals surface area (Å²) in [6, 6.07) is 51.2. The van der Waals surface area contributed by atoms with Gasteiger partial charge in [-0.15, -0.1) is 0 Å². The lowest BCUT2D eigenvalue weighted by Crippen LogP contribution is -2.01. The van der Waals surface area contributed by atoms with E-state index in [1.165, 1.54) is 21.5 Å². The highest BCUT2D eigenvalue weighted by Crippen LogP contribution is 2.35. The van der Waals surface area contributed by atoms with Crippen molar-refractivity contribution in [2.24, 2.45) is 0 Å². The van der Waals surface area contributed by atoms with Crippen molar-refractivity contribution in [2.75, 3.05) is 0 Å². The summed E-state index contributed by atoms with van der Waals surface area (Å²) in [7, 11) is 0. The molecule has 206 valence electrons. The van der Waals surface area contributed by atoms with E-state index in [1.54, 1.807) is 0 Å². The van der Waals surface area contributed by atoms with Crippen molar-refractivity contribution < 1.29 is 0 Å². The Kier molecular flexibility index (Phi) is 5.47. The molecule has 4 heteroatoms. The van der Waals surface area contributed by atoms with E-state index in [4.69, 9.17) is 9.97 Å². The fourth-order valence-corrected chi connectivity index (χ4v) is 6.46. The summed E-state index contributed by atoms with van der Waals surface area (Å²) in [5, 5.41) is 5.81. The van der Waals surface area contributed by atoms with Crippen LogP contribution >= 0.6 is 0 Å². The molecular weight excluding hydrogens is 536 g/mol. The lowest BCUT2D eigenvalue weighted by atomic mass is 9.99. The van der Waals surface area contributed by atoms with Gasteiger partial charge in [-0.05, 0) is 70.1 Å². The van der Waals surface area contributed by atoms with Crippen molar-refractivity contribution >= 4 is 43.5 Å². The van der Waals surface area contributed by atoms with Crippen LogP contribution in [-0.2, 0) is 0 Å². The first-order valence-corrected chi connectivity index (χ1v) is 14.8. The van der Waals surface area contributed by atoms with E-state index >= 15 is 0 Å². The number of nitrogens with zero attached hydrogens (tertiary/aromatic N) is 4. The van der Waals surface area contributed by atoms with Crippen LogP contribution in [0.15, 0.2) is 158 Å². The quantitative estimate of drug-likeness (QED) is 0.214. The number of fused-ring (bicyclic) bond motifs is 4. The summed E-state index contributed by atoms with van der Waals surface area (Å²) in [6.07, 6.45) is 4.29. The Morgan fingerprint density at radius 1 is 0.432 bits per heavy atom. The van der Waals surface area contributed by atoms with Crippen molar-refractivity contribution in [1.82, 2.24) is 19.1 Å². The van der Waals surface area contributed by atoms with Gasteiger partial charge in [-0.3, -0.25) is 0 Å². The molecule has 0 spiro atoms. The first-order valence-electron chi connectivity index (χ1n) is 14.8. The zero-order valence-electron chi connectivity index (χ0n) is 23.8. The van der Waals surface area contributed by atoms with Crippen molar-refractivity contribution in [3.8, 4) is 34.0 Å². The van der Waals surface area contributed by atoms with E-state index in [9.17, 15) is 0 Å². The number of para-hydroxylation sites is 3. The van der Waals surface area contributed by atoms with Crippen molar-refractivity contribution in [3.05, 3.63) is 158 Å². The van der Waals surface area contributed by atoms with Crippen LogP contribution in [0.3, 0.4) is 0 Å². The van der Waals surface area contributed by atoms with Gasteiger partial charge in [0, 0.05) is 40.3 Å². The maximum Gasteiger partial charge on any atom is 0.160 e. The summed E-state index contributed by atoms with van der Waals surface area (Å²) in [5.74, 6) is 0.697. The Morgan fingerprint density at radius 3 is 1.70 bits per heavy atom. The van der Waals surface area contributed by atoms with E-state index in [0.717, 1.165) is 50.1 Å². The summed E-state index contributed by atoms with van der Waals surface area (Å²) < 4.78 is 4.50. The molecule has 3 aromatic heterocycles. The first kappa shape index (κ1) is 24.6. The van der Waals surface area contributed by atoms with Crippen LogP contribution in [0.2, 0.25) is 0 Å². The molecule has 9 rings (SSSR count). The molecule has 0 fully saturated rings. The Labute approximate surface area is 254 Å². The number of hydrogen-bond acceptors (Lipinski definition) is 2. The topological polar surface area (TPSA) is 35.6 Å². The average Bonchev–Trinajstić information content (AvgIpc) is 3.72. The van der Waals surface area contributed by atoms with Gasteiger partial charge in [-0.25, -0.2) is 9.97 Å². The van der Waals surface area contributed by atoms with Crippen molar-refractivity contribution in [2.45, 2.75) is 0 Å². The molecule has 0 saturated carbocycles. The fraction of sp³-hybridized carbons (Fsp3) is 0. The molecule has 0 saturated heterocycles. The summed E-state index contributed by atoms with van der Waals surface area (Å²) in [6.45, 7) is 0. The number of benzene rings is 6. The van der Waals surface area contributed by atoms with Crippen LogP contribution in [0.25, 0.3) is 77.5 Å². The van der Waals surface area contributed by atoms with Gasteiger partial charge >= 0.3 is 0 Å². The molecule has 0 amide bonds. The molecule has 6 aromatic carbocycles. The zero-order valence-corrected chi connectivity index (χ0v) is 23.8. The van der Waals surface area contributed by atoms with Crippen molar-refractivity contribution in [3.63, 3.8) is 0 Å². The normalized spacial score (nSPS) is 11.6. The second-order valence-corrected chi connectivity index (χ2v) is 11.2. The largest absolute Gasteiger partial charge is 0.316 e. The number of aromatic nitrogens is 4.